The van der Waals surface area contributed by atoms with Gasteiger partial charge in [0.15, 0.2) is 0 Å². The van der Waals surface area contributed by atoms with E-state index in [4.69, 9.17) is 13.8 Å². The Labute approximate surface area is 227 Å². The quantitative estimate of drug-likeness (QED) is 0.239. The largest absolute Gasteiger partial charge is 0.457 e. The SMILES string of the molecule is CCC(C)(CC(C)(C)NS(=O)(=O)c1ccc(Oc2ccccc2)cc1)NC(=O)P(=O)(OC(C)C)OC(C)C. The van der Waals surface area contributed by atoms with E-state index in [-0.39, 0.29) is 11.3 Å². The highest BCUT2D eigenvalue weighted by Crippen LogP contribution is 2.51. The predicted molar refractivity (Wildman–Crippen MR) is 149 cm³/mol. The van der Waals surface area contributed by atoms with Crippen LogP contribution in [0.2, 0.25) is 0 Å². The fraction of sp³-hybridized carbons (Fsp3) is 0.519. The molecule has 0 fully saturated rings. The third kappa shape index (κ3) is 9.50. The van der Waals surface area contributed by atoms with Gasteiger partial charge in [0.1, 0.15) is 11.5 Å². The van der Waals surface area contributed by atoms with Crippen LogP contribution in [0, 0.1) is 0 Å². The van der Waals surface area contributed by atoms with Gasteiger partial charge < -0.3 is 10.1 Å². The van der Waals surface area contributed by atoms with Crippen LogP contribution in [-0.2, 0) is 23.6 Å². The Bertz CT molecular complexity index is 1200. The maximum absolute atomic E-state index is 13.3. The van der Waals surface area contributed by atoms with E-state index in [0.717, 1.165) is 0 Å². The van der Waals surface area contributed by atoms with Crippen LogP contribution in [0.25, 0.3) is 0 Å². The molecule has 0 bridgehead atoms. The number of para-hydroxylation sites is 1. The lowest BCUT2D eigenvalue weighted by atomic mass is 9.84. The molecule has 1 amide bonds. The van der Waals surface area contributed by atoms with Gasteiger partial charge in [-0.2, -0.15) is 0 Å². The van der Waals surface area contributed by atoms with Crippen molar-refractivity contribution in [3.63, 3.8) is 0 Å². The van der Waals surface area contributed by atoms with Crippen LogP contribution in [-0.4, -0.2) is 37.4 Å². The van der Waals surface area contributed by atoms with Crippen molar-refractivity contribution in [1.29, 1.82) is 0 Å². The highest BCUT2D eigenvalue weighted by molar-refractivity contribution is 7.89. The fourth-order valence-corrected chi connectivity index (χ4v) is 7.18. The first-order valence-electron chi connectivity index (χ1n) is 12.7. The molecule has 0 radical (unpaired) electrons. The summed E-state index contributed by atoms with van der Waals surface area (Å²) in [6.07, 6.45) is -0.337. The van der Waals surface area contributed by atoms with E-state index >= 15 is 0 Å². The Morgan fingerprint density at radius 3 is 1.87 bits per heavy atom. The van der Waals surface area contributed by atoms with Crippen molar-refractivity contribution in [1.82, 2.24) is 10.0 Å². The Hall–Kier alpha value is -2.23. The maximum Gasteiger partial charge on any atom is 0.418 e. The zero-order valence-corrected chi connectivity index (χ0v) is 25.2. The zero-order chi connectivity index (χ0) is 28.8. The van der Waals surface area contributed by atoms with Crippen LogP contribution in [0.1, 0.15) is 68.2 Å². The molecule has 9 nitrogen and oxygen atoms in total. The summed E-state index contributed by atoms with van der Waals surface area (Å²) in [5.74, 6) is 1.15. The molecule has 0 saturated heterocycles. The molecule has 2 aromatic rings. The summed E-state index contributed by atoms with van der Waals surface area (Å²) < 4.78 is 59.0. The van der Waals surface area contributed by atoms with Crippen molar-refractivity contribution in [2.24, 2.45) is 0 Å². The number of hydrogen-bond acceptors (Lipinski definition) is 7. The number of hydrogen-bond donors (Lipinski definition) is 2. The average Bonchev–Trinajstić information content (AvgIpc) is 2.77. The van der Waals surface area contributed by atoms with Gasteiger partial charge in [0.05, 0.1) is 17.1 Å². The van der Waals surface area contributed by atoms with E-state index < -0.39 is 46.6 Å². The molecule has 2 aromatic carbocycles. The summed E-state index contributed by atoms with van der Waals surface area (Å²) in [5, 5.41) is 2.80. The molecule has 0 spiro atoms. The van der Waals surface area contributed by atoms with E-state index in [9.17, 15) is 17.8 Å². The summed E-state index contributed by atoms with van der Waals surface area (Å²) in [7, 11) is -8.02. The molecule has 11 heteroatoms. The molecule has 2 N–H and O–H groups in total. The molecule has 212 valence electrons. The summed E-state index contributed by atoms with van der Waals surface area (Å²) in [6.45, 7) is 13.8. The molecule has 0 saturated carbocycles. The minimum Gasteiger partial charge on any atom is -0.457 e. The number of sulfonamides is 1. The summed E-state index contributed by atoms with van der Waals surface area (Å²) in [4.78, 5) is 13.2. The third-order valence-corrected chi connectivity index (χ3v) is 9.21. The van der Waals surface area contributed by atoms with E-state index in [1.807, 2.05) is 25.1 Å². The van der Waals surface area contributed by atoms with Gasteiger partial charge in [0, 0.05) is 11.1 Å². The van der Waals surface area contributed by atoms with Crippen LogP contribution in [0.4, 0.5) is 4.79 Å². The number of nitrogens with one attached hydrogen (secondary N) is 2. The molecule has 0 aliphatic heterocycles. The molecular weight excluding hydrogens is 527 g/mol. The van der Waals surface area contributed by atoms with Crippen LogP contribution in [0.15, 0.2) is 59.5 Å². The monoisotopic (exact) mass is 568 g/mol. The predicted octanol–water partition coefficient (Wildman–Crippen LogP) is 6.85. The van der Waals surface area contributed by atoms with Gasteiger partial charge >= 0.3 is 13.2 Å². The molecular formula is C27H41N2O7PS. The summed E-state index contributed by atoms with van der Waals surface area (Å²) in [5.41, 5.74) is -2.73. The molecule has 2 rings (SSSR count). The molecule has 1 unspecified atom stereocenters. The molecule has 0 aliphatic carbocycles. The van der Waals surface area contributed by atoms with E-state index in [2.05, 4.69) is 10.0 Å². The number of ether oxygens (including phenoxy) is 1. The molecule has 0 aromatic heterocycles. The first kappa shape index (κ1) is 32.0. The number of benzene rings is 2. The first-order valence-corrected chi connectivity index (χ1v) is 15.7. The highest BCUT2D eigenvalue weighted by atomic mass is 32.2. The Morgan fingerprint density at radius 1 is 0.895 bits per heavy atom. The van der Waals surface area contributed by atoms with Crippen molar-refractivity contribution < 1.29 is 31.6 Å². The standard InChI is InChI=1S/C27H41N2O7PS/c1-9-27(8,28-25(30)37(31,35-20(2)3)36-21(4)5)19-26(6,7)29-38(32,33)24-17-15-23(16-18-24)34-22-13-11-10-12-14-22/h10-18,20-21,29H,9,19H2,1-8H3,(H,28,30). The van der Waals surface area contributed by atoms with Gasteiger partial charge in [-0.15, -0.1) is 0 Å². The van der Waals surface area contributed by atoms with E-state index in [0.29, 0.717) is 17.9 Å². The van der Waals surface area contributed by atoms with Crippen molar-refractivity contribution in [2.75, 3.05) is 0 Å². The van der Waals surface area contributed by atoms with Crippen LogP contribution in [0.3, 0.4) is 0 Å². The second-order valence-corrected chi connectivity index (χ2v) is 14.2. The van der Waals surface area contributed by atoms with E-state index in [1.165, 1.54) is 12.1 Å². The summed E-state index contributed by atoms with van der Waals surface area (Å²) >= 11 is 0. The fourth-order valence-electron chi connectivity index (χ4n) is 4.01. The third-order valence-electron chi connectivity index (χ3n) is 5.49. The van der Waals surface area contributed by atoms with Crippen molar-refractivity contribution >= 4 is 23.3 Å². The number of carbonyl (C=O) groups is 1. The zero-order valence-electron chi connectivity index (χ0n) is 23.5. The van der Waals surface area contributed by atoms with Crippen molar-refractivity contribution in [2.45, 2.75) is 96.4 Å². The van der Waals surface area contributed by atoms with Gasteiger partial charge in [-0.25, -0.2) is 17.7 Å². The Morgan fingerprint density at radius 2 is 1.39 bits per heavy atom. The lowest BCUT2D eigenvalue weighted by Gasteiger charge is -2.38. The van der Waals surface area contributed by atoms with Crippen molar-refractivity contribution in [3.8, 4) is 11.5 Å². The number of rotatable bonds is 14. The van der Waals surface area contributed by atoms with Crippen LogP contribution in [0.5, 0.6) is 11.5 Å². The molecule has 1 atom stereocenters. The topological polar surface area (TPSA) is 120 Å². The Balaban J connectivity index is 2.16. The number of carbonyl (C=O) groups excluding carboxylic acids is 1. The molecule has 0 aliphatic rings. The number of amides is 1. The second-order valence-electron chi connectivity index (χ2n) is 10.7. The Kier molecular flexibility index (Phi) is 10.7. The van der Waals surface area contributed by atoms with Gasteiger partial charge in [-0.1, -0.05) is 25.1 Å². The highest BCUT2D eigenvalue weighted by Gasteiger charge is 2.43. The average molecular weight is 569 g/mol. The van der Waals surface area contributed by atoms with Crippen LogP contribution < -0.4 is 14.8 Å². The van der Waals surface area contributed by atoms with E-state index in [1.54, 1.807) is 72.7 Å². The smallest absolute Gasteiger partial charge is 0.418 e. The lowest BCUT2D eigenvalue weighted by Crippen LogP contribution is -2.54. The lowest BCUT2D eigenvalue weighted by molar-refractivity contribution is 0.139. The van der Waals surface area contributed by atoms with Crippen LogP contribution >= 0.6 is 7.60 Å². The normalized spacial score (nSPS) is 14.4. The van der Waals surface area contributed by atoms with Gasteiger partial charge in [-0.3, -0.25) is 13.8 Å². The second kappa shape index (κ2) is 12.7. The maximum atomic E-state index is 13.3. The van der Waals surface area contributed by atoms with Gasteiger partial charge in [0.2, 0.25) is 10.0 Å². The molecule has 38 heavy (non-hydrogen) atoms. The molecule has 0 heterocycles. The minimum atomic E-state index is -4.12. The summed E-state index contributed by atoms with van der Waals surface area (Å²) in [6, 6.07) is 15.3. The van der Waals surface area contributed by atoms with Crippen molar-refractivity contribution in [3.05, 3.63) is 54.6 Å². The first-order chi connectivity index (χ1) is 17.5. The van der Waals surface area contributed by atoms with Gasteiger partial charge in [0.25, 0.3) is 0 Å². The minimum absolute atomic E-state index is 0.0772. The van der Waals surface area contributed by atoms with Gasteiger partial charge in [-0.05, 0) is 97.7 Å².